The minimum atomic E-state index is -0.343. The molecule has 0 aromatic heterocycles. The number of halogens is 3. The van der Waals surface area contributed by atoms with Crippen LogP contribution in [0.1, 0.15) is 6.42 Å². The summed E-state index contributed by atoms with van der Waals surface area (Å²) < 4.78 is 18.0. The van der Waals surface area contributed by atoms with Gasteiger partial charge in [-0.2, -0.15) is 0 Å². The van der Waals surface area contributed by atoms with Crippen LogP contribution in [0.5, 0.6) is 0 Å². The molecule has 0 bridgehead atoms. The van der Waals surface area contributed by atoms with Crippen molar-refractivity contribution in [1.82, 2.24) is 9.80 Å². The standard InChI is InChI=1S/C17H25FN4O3.2ClH/c1-25-15(11-19)10-17(24)22-8-6-21(7-9-22)12-16(23)20-14-4-2-13(18)3-5-14;;/h2-5,15H,6-12,19H2,1H3,(H,20,23);2*1H. The van der Waals surface area contributed by atoms with Gasteiger partial charge in [-0.3, -0.25) is 14.5 Å². The van der Waals surface area contributed by atoms with Crippen LogP contribution in [0.2, 0.25) is 0 Å². The molecule has 10 heteroatoms. The molecule has 154 valence electrons. The lowest BCUT2D eigenvalue weighted by Gasteiger charge is -2.34. The first-order chi connectivity index (χ1) is 12.0. The molecule has 1 saturated heterocycles. The average molecular weight is 425 g/mol. The summed E-state index contributed by atoms with van der Waals surface area (Å²) in [6.45, 7) is 2.95. The highest BCUT2D eigenvalue weighted by Crippen LogP contribution is 2.10. The highest BCUT2D eigenvalue weighted by atomic mass is 35.5. The Balaban J connectivity index is 0.00000338. The predicted molar refractivity (Wildman–Crippen MR) is 107 cm³/mol. The van der Waals surface area contributed by atoms with Crippen LogP contribution in [0.3, 0.4) is 0 Å². The lowest BCUT2D eigenvalue weighted by atomic mass is 10.2. The number of ether oxygens (including phenoxy) is 1. The number of amides is 2. The number of benzene rings is 1. The van der Waals surface area contributed by atoms with Gasteiger partial charge < -0.3 is 20.7 Å². The van der Waals surface area contributed by atoms with E-state index in [-0.39, 0.29) is 61.5 Å². The topological polar surface area (TPSA) is 87.9 Å². The van der Waals surface area contributed by atoms with Crippen LogP contribution in [-0.2, 0) is 14.3 Å². The number of anilines is 1. The van der Waals surface area contributed by atoms with E-state index < -0.39 is 0 Å². The highest BCUT2D eigenvalue weighted by molar-refractivity contribution is 5.92. The summed E-state index contributed by atoms with van der Waals surface area (Å²) >= 11 is 0. The van der Waals surface area contributed by atoms with Gasteiger partial charge in [0, 0.05) is 45.5 Å². The van der Waals surface area contributed by atoms with E-state index in [0.717, 1.165) is 0 Å². The summed E-state index contributed by atoms with van der Waals surface area (Å²) in [5, 5.41) is 2.73. The molecular weight excluding hydrogens is 398 g/mol. The van der Waals surface area contributed by atoms with Crippen molar-refractivity contribution in [3.63, 3.8) is 0 Å². The lowest BCUT2D eigenvalue weighted by Crippen LogP contribution is -2.51. The van der Waals surface area contributed by atoms with Crippen LogP contribution in [0, 0.1) is 5.82 Å². The van der Waals surface area contributed by atoms with E-state index in [1.807, 2.05) is 4.90 Å². The number of hydrogen-bond donors (Lipinski definition) is 2. The van der Waals surface area contributed by atoms with Crippen molar-refractivity contribution in [2.24, 2.45) is 5.73 Å². The van der Waals surface area contributed by atoms with E-state index in [0.29, 0.717) is 38.4 Å². The van der Waals surface area contributed by atoms with Gasteiger partial charge in [-0.1, -0.05) is 0 Å². The van der Waals surface area contributed by atoms with Crippen molar-refractivity contribution >= 4 is 42.3 Å². The molecule has 1 aromatic carbocycles. The van der Waals surface area contributed by atoms with E-state index in [2.05, 4.69) is 5.32 Å². The van der Waals surface area contributed by atoms with Crippen molar-refractivity contribution in [2.75, 3.05) is 51.7 Å². The van der Waals surface area contributed by atoms with Crippen LogP contribution in [0.15, 0.2) is 24.3 Å². The number of carbonyl (C=O) groups is 2. The molecule has 0 saturated carbocycles. The van der Waals surface area contributed by atoms with E-state index in [9.17, 15) is 14.0 Å². The molecule has 0 radical (unpaired) electrons. The number of nitrogens with two attached hydrogens (primary N) is 1. The summed E-state index contributed by atoms with van der Waals surface area (Å²) in [4.78, 5) is 28.0. The van der Waals surface area contributed by atoms with Crippen molar-refractivity contribution in [3.05, 3.63) is 30.1 Å². The molecule has 2 amide bonds. The molecule has 1 fully saturated rings. The van der Waals surface area contributed by atoms with E-state index in [4.69, 9.17) is 10.5 Å². The summed E-state index contributed by atoms with van der Waals surface area (Å²) in [5.74, 6) is -0.481. The number of carbonyl (C=O) groups excluding carboxylic acids is 2. The number of nitrogens with one attached hydrogen (secondary N) is 1. The van der Waals surface area contributed by atoms with Gasteiger partial charge in [-0.05, 0) is 24.3 Å². The van der Waals surface area contributed by atoms with Crippen molar-refractivity contribution < 1.29 is 18.7 Å². The smallest absolute Gasteiger partial charge is 0.238 e. The fourth-order valence-corrected chi connectivity index (χ4v) is 2.68. The van der Waals surface area contributed by atoms with Crippen molar-refractivity contribution in [2.45, 2.75) is 12.5 Å². The quantitative estimate of drug-likeness (QED) is 0.684. The Morgan fingerprint density at radius 3 is 2.30 bits per heavy atom. The zero-order valence-corrected chi connectivity index (χ0v) is 16.9. The third-order valence-corrected chi connectivity index (χ3v) is 4.22. The molecule has 7 nitrogen and oxygen atoms in total. The Morgan fingerprint density at radius 2 is 1.78 bits per heavy atom. The maximum atomic E-state index is 12.9. The van der Waals surface area contributed by atoms with Gasteiger partial charge in [0.05, 0.1) is 19.1 Å². The highest BCUT2D eigenvalue weighted by Gasteiger charge is 2.24. The Bertz CT molecular complexity index is 580. The Labute approximate surface area is 171 Å². The van der Waals surface area contributed by atoms with Gasteiger partial charge in [-0.25, -0.2) is 4.39 Å². The van der Waals surface area contributed by atoms with Crippen molar-refractivity contribution in [3.8, 4) is 0 Å². The summed E-state index contributed by atoms with van der Waals surface area (Å²) in [5.41, 5.74) is 6.10. The monoisotopic (exact) mass is 424 g/mol. The molecule has 1 aliphatic heterocycles. The van der Waals surface area contributed by atoms with Crippen molar-refractivity contribution in [1.29, 1.82) is 0 Å². The van der Waals surface area contributed by atoms with E-state index in [1.165, 1.54) is 24.3 Å². The van der Waals surface area contributed by atoms with Crippen LogP contribution >= 0.6 is 24.8 Å². The minimum Gasteiger partial charge on any atom is -0.380 e. The number of piperazine rings is 1. The molecule has 0 aliphatic carbocycles. The average Bonchev–Trinajstić information content (AvgIpc) is 2.62. The van der Waals surface area contributed by atoms with Gasteiger partial charge in [0.2, 0.25) is 11.8 Å². The molecule has 0 spiro atoms. The first kappa shape index (κ1) is 25.6. The summed E-state index contributed by atoms with van der Waals surface area (Å²) in [6.07, 6.45) is 0.0185. The molecular formula is C17H27Cl2FN4O3. The minimum absolute atomic E-state index is 0. The predicted octanol–water partition coefficient (Wildman–Crippen LogP) is 1.12. The number of nitrogens with zero attached hydrogens (tertiary/aromatic N) is 2. The molecule has 1 aliphatic rings. The van der Waals surface area contributed by atoms with Crippen LogP contribution < -0.4 is 11.1 Å². The normalized spacial score (nSPS) is 15.3. The second-order valence-electron chi connectivity index (χ2n) is 6.01. The summed E-state index contributed by atoms with van der Waals surface area (Å²) in [6, 6.07) is 5.64. The third kappa shape index (κ3) is 8.40. The molecule has 27 heavy (non-hydrogen) atoms. The fraction of sp³-hybridized carbons (Fsp3) is 0.529. The third-order valence-electron chi connectivity index (χ3n) is 4.22. The SMILES string of the molecule is COC(CN)CC(=O)N1CCN(CC(=O)Nc2ccc(F)cc2)CC1.Cl.Cl. The van der Waals surface area contributed by atoms with Gasteiger partial charge in [0.1, 0.15) is 5.82 Å². The first-order valence-electron chi connectivity index (χ1n) is 8.30. The Morgan fingerprint density at radius 1 is 1.19 bits per heavy atom. The molecule has 1 heterocycles. The molecule has 1 unspecified atom stereocenters. The largest absolute Gasteiger partial charge is 0.380 e. The maximum Gasteiger partial charge on any atom is 0.238 e. The Kier molecular flexibility index (Phi) is 12.2. The fourth-order valence-electron chi connectivity index (χ4n) is 2.68. The number of hydrogen-bond acceptors (Lipinski definition) is 5. The first-order valence-corrected chi connectivity index (χ1v) is 8.30. The lowest BCUT2D eigenvalue weighted by molar-refractivity contribution is -0.135. The number of rotatable bonds is 7. The Hall–Kier alpha value is -1.45. The van der Waals surface area contributed by atoms with Gasteiger partial charge in [0.25, 0.3) is 0 Å². The summed E-state index contributed by atoms with van der Waals surface area (Å²) in [7, 11) is 1.54. The van der Waals surface area contributed by atoms with E-state index in [1.54, 1.807) is 12.0 Å². The number of methoxy groups -OCH3 is 1. The second kappa shape index (κ2) is 12.9. The molecule has 1 aromatic rings. The maximum absolute atomic E-state index is 12.9. The van der Waals surface area contributed by atoms with Crippen LogP contribution in [0.4, 0.5) is 10.1 Å². The molecule has 3 N–H and O–H groups in total. The van der Waals surface area contributed by atoms with Crippen LogP contribution in [-0.4, -0.2) is 74.1 Å². The van der Waals surface area contributed by atoms with Gasteiger partial charge >= 0.3 is 0 Å². The zero-order chi connectivity index (χ0) is 18.2. The second-order valence-corrected chi connectivity index (χ2v) is 6.01. The van der Waals surface area contributed by atoms with E-state index >= 15 is 0 Å². The molecule has 1 atom stereocenters. The van der Waals surface area contributed by atoms with Gasteiger partial charge in [-0.15, -0.1) is 24.8 Å². The zero-order valence-electron chi connectivity index (χ0n) is 15.2. The van der Waals surface area contributed by atoms with Crippen LogP contribution in [0.25, 0.3) is 0 Å². The van der Waals surface area contributed by atoms with Gasteiger partial charge in [0.15, 0.2) is 0 Å². The molecule has 2 rings (SSSR count).